The second kappa shape index (κ2) is 16.1. The van der Waals surface area contributed by atoms with Crippen molar-refractivity contribution in [2.45, 2.75) is 26.7 Å². The number of hydrogen-bond acceptors (Lipinski definition) is 9. The van der Waals surface area contributed by atoms with E-state index < -0.39 is 14.5 Å². The second-order valence-electron chi connectivity index (χ2n) is 15.8. The van der Waals surface area contributed by atoms with E-state index in [1.165, 1.54) is 12.4 Å². The molecule has 0 fully saturated rings. The van der Waals surface area contributed by atoms with Crippen molar-refractivity contribution in [1.82, 2.24) is 28.9 Å². The Morgan fingerprint density at radius 3 is 1.62 bits per heavy atom. The first kappa shape index (κ1) is 41.5. The van der Waals surface area contributed by atoms with Crippen molar-refractivity contribution >= 4 is 105 Å². The van der Waals surface area contributed by atoms with E-state index in [-0.39, 0.29) is 38.6 Å². The molecule has 6 heterocycles. The van der Waals surface area contributed by atoms with Crippen molar-refractivity contribution in [3.63, 3.8) is 0 Å². The fourth-order valence-corrected chi connectivity index (χ4v) is 9.34. The predicted molar refractivity (Wildman–Crippen MR) is 257 cm³/mol. The molecule has 9 aromatic rings. The van der Waals surface area contributed by atoms with E-state index in [1.807, 2.05) is 103 Å². The Balaban J connectivity index is 1.39. The van der Waals surface area contributed by atoms with Crippen LogP contribution in [0.1, 0.15) is 42.4 Å². The molecule has 5 aromatic carbocycles. The highest BCUT2D eigenvalue weighted by atomic mass is 35.5. The monoisotopic (exact) mass is 942 g/mol. The number of rotatable bonds is 6. The third kappa shape index (κ3) is 6.59. The fraction of sp³-hybridized carbons (Fsp3) is 0.0833. The van der Waals surface area contributed by atoms with Gasteiger partial charge in [-0.25, -0.2) is 9.83 Å². The van der Waals surface area contributed by atoms with Crippen molar-refractivity contribution in [1.29, 1.82) is 5.26 Å². The fourth-order valence-electron chi connectivity index (χ4n) is 8.71. The number of para-hydroxylation sites is 4. The molecular weight excluding hydrogens is 916 g/mol. The lowest BCUT2D eigenvalue weighted by atomic mass is 9.99. The Morgan fingerprint density at radius 2 is 1.12 bits per heavy atom. The maximum atomic E-state index is 11.6. The summed E-state index contributed by atoms with van der Waals surface area (Å²) in [7, 11) is -2.30. The van der Waals surface area contributed by atoms with Gasteiger partial charge < -0.3 is 27.6 Å². The second-order valence-corrected chi connectivity index (χ2v) is 17.5. The Bertz CT molecular complexity index is 3630. The molecule has 18 heteroatoms. The van der Waals surface area contributed by atoms with Gasteiger partial charge in [-0.3, -0.25) is 15.0 Å². The van der Waals surface area contributed by atoms with Crippen molar-refractivity contribution in [3.05, 3.63) is 174 Å². The maximum absolute atomic E-state index is 11.6. The molecule has 0 amide bonds. The Labute approximate surface area is 397 Å². The van der Waals surface area contributed by atoms with Crippen LogP contribution in [0.4, 0.5) is 0 Å². The first-order chi connectivity index (χ1) is 32.0. The summed E-state index contributed by atoms with van der Waals surface area (Å²) in [4.78, 5) is 23.6. The smallest absolute Gasteiger partial charge is 0.503 e. The van der Waals surface area contributed by atoms with E-state index in [9.17, 15) is 5.26 Å². The zero-order valence-electron chi connectivity index (χ0n) is 34.8. The van der Waals surface area contributed by atoms with Crippen molar-refractivity contribution in [2.24, 2.45) is 0 Å². The van der Waals surface area contributed by atoms with Crippen molar-refractivity contribution in [3.8, 4) is 40.3 Å². The van der Waals surface area contributed by atoms with E-state index in [1.54, 1.807) is 24.3 Å². The molecule has 12 nitrogen and oxygen atoms in total. The van der Waals surface area contributed by atoms with Crippen molar-refractivity contribution < 1.29 is 18.6 Å². The number of hydrogen-bond donors (Lipinski definition) is 0. The van der Waals surface area contributed by atoms with Gasteiger partial charge in [-0.05, 0) is 66.9 Å². The van der Waals surface area contributed by atoms with Crippen molar-refractivity contribution in [2.75, 3.05) is 0 Å². The highest BCUT2D eigenvalue weighted by Gasteiger charge is 2.45. The molecule has 0 saturated heterocycles. The number of nitriles is 1. The Kier molecular flexibility index (Phi) is 10.1. The summed E-state index contributed by atoms with van der Waals surface area (Å²) >= 11 is 25.8. The van der Waals surface area contributed by atoms with Crippen LogP contribution in [-0.4, -0.2) is 43.4 Å². The summed E-state index contributed by atoms with van der Waals surface area (Å²) in [5.74, 6) is 1.69. The number of fused-ring (bicyclic) bond motifs is 5. The lowest BCUT2D eigenvalue weighted by Gasteiger charge is -2.18. The SMILES string of the molecule is [C-]#[N+]/C(c1cnc2cc(Cl)c(Cl)cc2n1)=c1\c2c(C(C)C)n(B3Oc4ccccc4O3)/c(=C(/C#N)c3cnc4cc(Cl)c(Cl)cc4n3)c2c(-c2ccccc2C)n1B1Oc2ccccc2O1. The van der Waals surface area contributed by atoms with Crippen LogP contribution in [0.25, 0.3) is 60.2 Å². The average Bonchev–Trinajstić information content (AvgIpc) is 4.09. The van der Waals surface area contributed by atoms with Crippen LogP contribution in [0.3, 0.4) is 0 Å². The summed E-state index contributed by atoms with van der Waals surface area (Å²) < 4.78 is 30.5. The van der Waals surface area contributed by atoms with E-state index in [4.69, 9.17) is 91.5 Å². The molecule has 0 unspecified atom stereocenters. The molecule has 2 aliphatic rings. The number of nitrogens with zero attached hydrogens (tertiary/aromatic N) is 8. The largest absolute Gasteiger partial charge is 0.743 e. The summed E-state index contributed by atoms with van der Waals surface area (Å²) in [6.45, 7) is 15.1. The lowest BCUT2D eigenvalue weighted by molar-refractivity contribution is 0.473. The molecule has 11 rings (SSSR count). The number of halogens is 4. The molecule has 0 bridgehead atoms. The topological polar surface area (TPSA) is 126 Å². The third-order valence-electron chi connectivity index (χ3n) is 11.5. The minimum Gasteiger partial charge on any atom is -0.503 e. The molecule has 0 atom stereocenters. The first-order valence-electron chi connectivity index (χ1n) is 20.5. The van der Waals surface area contributed by atoms with Gasteiger partial charge in [0.25, 0.3) is 0 Å². The quantitative estimate of drug-likeness (QED) is 0.118. The summed E-state index contributed by atoms with van der Waals surface area (Å²) in [5.41, 5.74) is 5.30. The van der Waals surface area contributed by atoms with Crippen LogP contribution in [0, 0.1) is 24.8 Å². The molecule has 0 radical (unpaired) electrons. The van der Waals surface area contributed by atoms with Gasteiger partial charge in [0.05, 0.1) is 77.0 Å². The van der Waals surface area contributed by atoms with E-state index in [0.717, 1.165) is 11.1 Å². The van der Waals surface area contributed by atoms with Crippen LogP contribution < -0.4 is 29.3 Å². The Hall–Kier alpha value is -7.19. The van der Waals surface area contributed by atoms with Crippen LogP contribution >= 0.6 is 46.4 Å². The van der Waals surface area contributed by atoms with Gasteiger partial charge in [0.15, 0.2) is 0 Å². The molecule has 0 spiro atoms. The van der Waals surface area contributed by atoms with Crippen LogP contribution in [-0.2, 0) is 0 Å². The summed E-state index contributed by atoms with van der Waals surface area (Å²) in [6.07, 6.45) is 3.06. The average molecular weight is 944 g/mol. The van der Waals surface area contributed by atoms with E-state index in [0.29, 0.717) is 88.0 Å². The van der Waals surface area contributed by atoms with Gasteiger partial charge in [-0.1, -0.05) is 109 Å². The van der Waals surface area contributed by atoms with Gasteiger partial charge in [-0.2, -0.15) is 5.26 Å². The molecule has 318 valence electrons. The standard InChI is InChI=1S/C48H28B2Cl4N8O4/c1-24(2)45-42-43(47(61(45)49-63-38-13-7-8-14-39(38)64-49)27(21-55)36-22-57-32-17-28(51)30(53)19-34(32)59-36)46(26-12-6-5-11-25(26)3)62(50-65-40-15-9-10-16-41(40)66-50)48(42)44(56-4)37-23-58-33-18-29(52)31(54)20-35(33)60-37/h5-20,22-24H,1-3H3/b47-27-,48-44+. The number of aryl methyl sites for hydroxylation is 1. The van der Waals surface area contributed by atoms with E-state index in [2.05, 4.69) is 10.9 Å². The molecule has 2 aliphatic heterocycles. The summed E-state index contributed by atoms with van der Waals surface area (Å²) in [6, 6.07) is 31.5. The zero-order chi connectivity index (χ0) is 45.5. The molecule has 0 saturated carbocycles. The van der Waals surface area contributed by atoms with Gasteiger partial charge in [0.1, 0.15) is 40.3 Å². The molecule has 0 N–H and O–H groups in total. The predicted octanol–water partition coefficient (Wildman–Crippen LogP) is 10.4. The Morgan fingerprint density at radius 1 is 0.652 bits per heavy atom. The van der Waals surface area contributed by atoms with Gasteiger partial charge in [0.2, 0.25) is 5.70 Å². The first-order valence-corrected chi connectivity index (χ1v) is 22.0. The minimum atomic E-state index is -1.17. The van der Waals surface area contributed by atoms with Gasteiger partial charge >= 0.3 is 14.5 Å². The maximum Gasteiger partial charge on any atom is 0.743 e. The highest BCUT2D eigenvalue weighted by Crippen LogP contribution is 2.41. The van der Waals surface area contributed by atoms with Gasteiger partial charge in [0, 0.05) is 28.2 Å². The third-order valence-corrected chi connectivity index (χ3v) is 13.0. The molecular formula is C48H28B2Cl4N8O4. The normalized spacial score (nSPS) is 13.8. The van der Waals surface area contributed by atoms with Gasteiger partial charge in [-0.15, -0.1) is 0 Å². The van der Waals surface area contributed by atoms with Crippen LogP contribution in [0.15, 0.2) is 109 Å². The summed E-state index contributed by atoms with van der Waals surface area (Å²) in [5, 5.41) is 14.6. The number of benzene rings is 5. The van der Waals surface area contributed by atoms with Crippen LogP contribution in [0.2, 0.25) is 20.1 Å². The minimum absolute atomic E-state index is 0.0983. The highest BCUT2D eigenvalue weighted by molar-refractivity contribution is 6.49. The molecule has 66 heavy (non-hydrogen) atoms. The van der Waals surface area contributed by atoms with Crippen LogP contribution in [0.5, 0.6) is 23.0 Å². The number of aromatic nitrogens is 6. The molecule has 4 aromatic heterocycles. The zero-order valence-corrected chi connectivity index (χ0v) is 37.9. The molecule has 0 aliphatic carbocycles. The lowest BCUT2D eigenvalue weighted by Crippen LogP contribution is -2.45. The van der Waals surface area contributed by atoms with E-state index >= 15 is 0 Å².